The summed E-state index contributed by atoms with van der Waals surface area (Å²) >= 11 is 3.82. The Labute approximate surface area is 312 Å². The topological polar surface area (TPSA) is 83.5 Å². The summed E-state index contributed by atoms with van der Waals surface area (Å²) in [7, 11) is 0. The number of carbonyl (C=O) groups excluding carboxylic acids is 1. The van der Waals surface area contributed by atoms with Crippen molar-refractivity contribution in [3.8, 4) is 28.7 Å². The third-order valence-corrected chi connectivity index (χ3v) is 9.44. The van der Waals surface area contributed by atoms with Gasteiger partial charge in [0.25, 0.3) is 6.47 Å². The highest BCUT2D eigenvalue weighted by atomic mass is 79.9. The van der Waals surface area contributed by atoms with Crippen LogP contribution in [0.15, 0.2) is 152 Å². The molecule has 0 aliphatic heterocycles. The van der Waals surface area contributed by atoms with Gasteiger partial charge in [-0.1, -0.05) is 137 Å². The number of rotatable bonds is 18. The zero-order valence-electron chi connectivity index (χ0n) is 28.5. The first kappa shape index (κ1) is 36.1. The summed E-state index contributed by atoms with van der Waals surface area (Å²) in [5.74, 6) is 2.00. The van der Waals surface area contributed by atoms with Crippen LogP contribution in [0.1, 0.15) is 38.2 Å². The van der Waals surface area contributed by atoms with Gasteiger partial charge in [-0.3, -0.25) is 4.79 Å². The van der Waals surface area contributed by atoms with Gasteiger partial charge in [0.05, 0.1) is 4.83 Å². The van der Waals surface area contributed by atoms with Gasteiger partial charge < -0.3 is 28.8 Å². The molecule has 0 spiro atoms. The van der Waals surface area contributed by atoms with Crippen molar-refractivity contribution in [2.24, 2.45) is 0 Å². The fourth-order valence-electron chi connectivity index (χ4n) is 5.61. The lowest BCUT2D eigenvalue weighted by molar-refractivity contribution is -0.133. The van der Waals surface area contributed by atoms with E-state index in [-0.39, 0.29) is 18.8 Å². The normalized spacial score (nSPS) is 11.9. The molecule has 0 saturated carbocycles. The van der Waals surface area contributed by atoms with Crippen molar-refractivity contribution in [3.63, 3.8) is 0 Å². The Kier molecular flexibility index (Phi) is 12.8. The molecule has 0 aliphatic rings. The molecule has 0 bridgehead atoms. The van der Waals surface area contributed by atoms with E-state index in [1.165, 1.54) is 0 Å². The largest absolute Gasteiger partial charge is 0.507 e. The maximum Gasteiger partial charge on any atom is 0.293 e. The molecule has 2 atom stereocenters. The van der Waals surface area contributed by atoms with Gasteiger partial charge >= 0.3 is 0 Å². The zero-order chi connectivity index (χ0) is 36.0. The molecular weight excluding hydrogens is 720 g/mol. The summed E-state index contributed by atoms with van der Waals surface area (Å²) in [5, 5.41) is 11.4. The maximum atomic E-state index is 11.9. The lowest BCUT2D eigenvalue weighted by Crippen LogP contribution is -2.22. The Bertz CT molecular complexity index is 1930. The number of phenols is 1. The first-order valence-corrected chi connectivity index (χ1v) is 17.9. The lowest BCUT2D eigenvalue weighted by Gasteiger charge is -2.24. The monoisotopic (exact) mass is 758 g/mol. The molecule has 0 unspecified atom stereocenters. The number of benzene rings is 6. The minimum atomic E-state index is -0.759. The van der Waals surface area contributed by atoms with Gasteiger partial charge in [0.2, 0.25) is 0 Å². The van der Waals surface area contributed by atoms with Gasteiger partial charge in [-0.2, -0.15) is 0 Å². The van der Waals surface area contributed by atoms with Crippen LogP contribution in [0.25, 0.3) is 0 Å². The van der Waals surface area contributed by atoms with E-state index in [9.17, 15) is 9.90 Å². The Hall–Kier alpha value is -5.73. The molecular formula is C44H39BrO7. The Morgan fingerprint density at radius 2 is 0.942 bits per heavy atom. The molecule has 6 rings (SSSR count). The second-order valence-electron chi connectivity index (χ2n) is 12.1. The van der Waals surface area contributed by atoms with Crippen molar-refractivity contribution < 1.29 is 33.6 Å². The van der Waals surface area contributed by atoms with Crippen molar-refractivity contribution in [2.45, 2.75) is 43.8 Å². The van der Waals surface area contributed by atoms with E-state index in [4.69, 9.17) is 23.7 Å². The van der Waals surface area contributed by atoms with Crippen LogP contribution in [0, 0.1) is 0 Å². The molecule has 0 fully saturated rings. The third kappa shape index (κ3) is 10.4. The van der Waals surface area contributed by atoms with Crippen LogP contribution in [0.5, 0.6) is 28.7 Å². The van der Waals surface area contributed by atoms with E-state index in [1.807, 2.05) is 140 Å². The highest BCUT2D eigenvalue weighted by molar-refractivity contribution is 9.09. The van der Waals surface area contributed by atoms with Gasteiger partial charge in [0.1, 0.15) is 61.3 Å². The Balaban J connectivity index is 1.28. The van der Waals surface area contributed by atoms with E-state index < -0.39 is 10.9 Å². The number of carbonyl (C=O) groups is 1. The standard InChI is InChI=1S/C44H39BrO7/c45-44(36-21-37(48-27-32-13-5-1-6-14-32)23-38(22-36)49-28-33-15-7-2-8-16-33)43(52-31-46)26-40-41(47)24-39(50-29-34-17-9-3-10-18-34)25-42(40)51-30-35-19-11-4-12-20-35/h1-25,31,43-44,47H,26-30H2/t43-,44+/m1/s1. The average molecular weight is 760 g/mol. The lowest BCUT2D eigenvalue weighted by atomic mass is 9.99. The molecule has 0 aliphatic carbocycles. The molecule has 0 saturated heterocycles. The van der Waals surface area contributed by atoms with Crippen LogP contribution < -0.4 is 18.9 Å². The highest BCUT2D eigenvalue weighted by Gasteiger charge is 2.27. The molecule has 7 nitrogen and oxygen atoms in total. The first-order valence-electron chi connectivity index (χ1n) is 16.9. The minimum Gasteiger partial charge on any atom is -0.507 e. The SMILES string of the molecule is O=CO[C@H](Cc1c(O)cc(OCc2ccccc2)cc1OCc1ccccc1)[C@@H](Br)c1cc(OCc2ccccc2)cc(OCc2ccccc2)c1. The summed E-state index contributed by atoms with van der Waals surface area (Å²) in [4.78, 5) is 11.4. The summed E-state index contributed by atoms with van der Waals surface area (Å²) in [6, 6.07) is 48.3. The molecule has 0 amide bonds. The minimum absolute atomic E-state index is 0.0420. The molecule has 1 N–H and O–H groups in total. The van der Waals surface area contributed by atoms with E-state index in [1.54, 1.807) is 12.1 Å². The first-order chi connectivity index (χ1) is 25.5. The van der Waals surface area contributed by atoms with Crippen LogP contribution in [0.3, 0.4) is 0 Å². The number of phenolic OH excluding ortho intramolecular Hbond substituents is 1. The summed E-state index contributed by atoms with van der Waals surface area (Å²) in [5.41, 5.74) is 5.21. The number of halogens is 1. The van der Waals surface area contributed by atoms with E-state index in [0.29, 0.717) is 54.9 Å². The van der Waals surface area contributed by atoms with Crippen LogP contribution in [0.2, 0.25) is 0 Å². The summed E-state index contributed by atoms with van der Waals surface area (Å²) in [6.45, 7) is 1.71. The van der Waals surface area contributed by atoms with Crippen LogP contribution >= 0.6 is 15.9 Å². The average Bonchev–Trinajstić information content (AvgIpc) is 3.19. The smallest absolute Gasteiger partial charge is 0.293 e. The zero-order valence-corrected chi connectivity index (χ0v) is 30.1. The summed E-state index contributed by atoms with van der Waals surface area (Å²) in [6.07, 6.45) is -0.635. The van der Waals surface area contributed by atoms with Crippen molar-refractivity contribution in [3.05, 3.63) is 185 Å². The summed E-state index contributed by atoms with van der Waals surface area (Å²) < 4.78 is 30.5. The highest BCUT2D eigenvalue weighted by Crippen LogP contribution is 2.40. The van der Waals surface area contributed by atoms with Gasteiger partial charge in [0.15, 0.2) is 0 Å². The molecule has 6 aromatic rings. The Morgan fingerprint density at radius 1 is 0.538 bits per heavy atom. The fraction of sp³-hybridized carbons (Fsp3) is 0.159. The predicted octanol–water partition coefficient (Wildman–Crippen LogP) is 9.93. The fourth-order valence-corrected chi connectivity index (χ4v) is 6.18. The van der Waals surface area contributed by atoms with E-state index in [2.05, 4.69) is 15.9 Å². The quantitative estimate of drug-likeness (QED) is 0.0690. The van der Waals surface area contributed by atoms with Crippen LogP contribution in [-0.4, -0.2) is 17.7 Å². The van der Waals surface area contributed by atoms with E-state index >= 15 is 0 Å². The van der Waals surface area contributed by atoms with Crippen molar-refractivity contribution in [2.75, 3.05) is 0 Å². The molecule has 0 radical (unpaired) electrons. The van der Waals surface area contributed by atoms with Crippen molar-refractivity contribution in [1.29, 1.82) is 0 Å². The van der Waals surface area contributed by atoms with Crippen LogP contribution in [0.4, 0.5) is 0 Å². The van der Waals surface area contributed by atoms with Crippen LogP contribution in [-0.2, 0) is 42.4 Å². The molecule has 52 heavy (non-hydrogen) atoms. The molecule has 0 aromatic heterocycles. The number of hydrogen-bond acceptors (Lipinski definition) is 7. The van der Waals surface area contributed by atoms with Gasteiger partial charge in [-0.25, -0.2) is 0 Å². The second-order valence-corrected chi connectivity index (χ2v) is 13.1. The molecule has 6 aromatic carbocycles. The number of hydrogen-bond donors (Lipinski definition) is 1. The molecule has 8 heteroatoms. The number of ether oxygens (including phenoxy) is 5. The molecule has 264 valence electrons. The molecule has 0 heterocycles. The van der Waals surface area contributed by atoms with E-state index in [0.717, 1.165) is 27.8 Å². The van der Waals surface area contributed by atoms with Gasteiger partial charge in [-0.15, -0.1) is 0 Å². The number of alkyl halides is 1. The second kappa shape index (κ2) is 18.5. The maximum absolute atomic E-state index is 11.9. The Morgan fingerprint density at radius 3 is 1.37 bits per heavy atom. The van der Waals surface area contributed by atoms with Crippen molar-refractivity contribution >= 4 is 22.4 Å². The third-order valence-electron chi connectivity index (χ3n) is 8.32. The number of aromatic hydroxyl groups is 1. The predicted molar refractivity (Wildman–Crippen MR) is 204 cm³/mol. The van der Waals surface area contributed by atoms with Gasteiger partial charge in [0, 0.05) is 30.2 Å². The van der Waals surface area contributed by atoms with Crippen molar-refractivity contribution in [1.82, 2.24) is 0 Å². The van der Waals surface area contributed by atoms with Gasteiger partial charge in [-0.05, 0) is 39.9 Å².